The Kier molecular flexibility index (Phi) is 4.45. The molecule has 1 heterocycles. The maximum Gasteiger partial charge on any atom is 0.0408 e. The smallest absolute Gasteiger partial charge is 0.0408 e. The van der Waals surface area contributed by atoms with Crippen LogP contribution in [-0.2, 0) is 6.42 Å². The fourth-order valence-electron chi connectivity index (χ4n) is 1.69. The first-order valence-corrected chi connectivity index (χ1v) is 7.51. The first-order chi connectivity index (χ1) is 7.79. The standard InChI is InChI=1S/C13H12BrClS/c14-9-11(8-13-5-2-6-16-13)10-3-1-4-12(15)7-10/h1-7,11H,8-9H2. The highest BCUT2D eigenvalue weighted by atomic mass is 79.9. The third-order valence-electron chi connectivity index (χ3n) is 2.53. The number of thiophene rings is 1. The molecule has 0 aliphatic heterocycles. The second-order valence-electron chi connectivity index (χ2n) is 3.69. The van der Waals surface area contributed by atoms with Gasteiger partial charge in [-0.05, 0) is 41.5 Å². The molecule has 1 aromatic carbocycles. The maximum absolute atomic E-state index is 6.02. The molecule has 0 saturated heterocycles. The van der Waals surface area contributed by atoms with Crippen LogP contribution < -0.4 is 0 Å². The van der Waals surface area contributed by atoms with E-state index in [0.29, 0.717) is 5.92 Å². The Morgan fingerprint density at radius 1 is 1.25 bits per heavy atom. The molecule has 0 radical (unpaired) electrons. The molecule has 0 bridgehead atoms. The molecule has 0 nitrogen and oxygen atoms in total. The van der Waals surface area contributed by atoms with Crippen LogP contribution in [0, 0.1) is 0 Å². The van der Waals surface area contributed by atoms with Crippen LogP contribution in [-0.4, -0.2) is 5.33 Å². The lowest BCUT2D eigenvalue weighted by Crippen LogP contribution is -2.03. The van der Waals surface area contributed by atoms with E-state index in [1.807, 2.05) is 23.5 Å². The molecule has 1 unspecified atom stereocenters. The molecule has 0 amide bonds. The summed E-state index contributed by atoms with van der Waals surface area (Å²) in [5, 5.41) is 3.90. The third kappa shape index (κ3) is 3.09. The van der Waals surface area contributed by atoms with Gasteiger partial charge in [-0.1, -0.05) is 45.7 Å². The van der Waals surface area contributed by atoms with Gasteiger partial charge in [0, 0.05) is 15.2 Å². The van der Waals surface area contributed by atoms with Crippen LogP contribution in [0.4, 0.5) is 0 Å². The van der Waals surface area contributed by atoms with Crippen LogP contribution in [0.1, 0.15) is 16.4 Å². The van der Waals surface area contributed by atoms with Gasteiger partial charge in [-0.3, -0.25) is 0 Å². The number of hydrogen-bond donors (Lipinski definition) is 0. The predicted octanol–water partition coefficient (Wildman–Crippen LogP) is 5.12. The molecule has 16 heavy (non-hydrogen) atoms. The van der Waals surface area contributed by atoms with Crippen LogP contribution in [0.15, 0.2) is 41.8 Å². The Bertz CT molecular complexity index is 439. The largest absolute Gasteiger partial charge is 0.149 e. The topological polar surface area (TPSA) is 0 Å². The van der Waals surface area contributed by atoms with E-state index in [1.54, 1.807) is 0 Å². The molecule has 0 aliphatic carbocycles. The number of rotatable bonds is 4. The molecule has 84 valence electrons. The Labute approximate surface area is 113 Å². The summed E-state index contributed by atoms with van der Waals surface area (Å²) in [5.74, 6) is 0.498. The monoisotopic (exact) mass is 314 g/mol. The van der Waals surface area contributed by atoms with Crippen molar-refractivity contribution in [3.8, 4) is 0 Å². The molecule has 2 aromatic rings. The number of halogens is 2. The van der Waals surface area contributed by atoms with Crippen LogP contribution >= 0.6 is 38.9 Å². The summed E-state index contributed by atoms with van der Waals surface area (Å²) < 4.78 is 0. The Morgan fingerprint density at radius 3 is 2.75 bits per heavy atom. The van der Waals surface area contributed by atoms with Crippen molar-refractivity contribution in [2.75, 3.05) is 5.33 Å². The van der Waals surface area contributed by atoms with Gasteiger partial charge in [0.2, 0.25) is 0 Å². The summed E-state index contributed by atoms with van der Waals surface area (Å²) >= 11 is 11.4. The molecule has 0 spiro atoms. The van der Waals surface area contributed by atoms with Crippen LogP contribution in [0.25, 0.3) is 0 Å². The van der Waals surface area contributed by atoms with Crippen LogP contribution in [0.3, 0.4) is 0 Å². The minimum atomic E-state index is 0.498. The molecule has 0 saturated carbocycles. The van der Waals surface area contributed by atoms with E-state index in [2.05, 4.69) is 45.6 Å². The number of benzene rings is 1. The van der Waals surface area contributed by atoms with Gasteiger partial charge in [0.25, 0.3) is 0 Å². The molecule has 2 rings (SSSR count). The second-order valence-corrected chi connectivity index (χ2v) is 5.81. The number of alkyl halides is 1. The zero-order chi connectivity index (χ0) is 11.4. The Hall–Kier alpha value is -0.310. The molecule has 1 aromatic heterocycles. The van der Waals surface area contributed by atoms with Crippen LogP contribution in [0.2, 0.25) is 5.02 Å². The lowest BCUT2D eigenvalue weighted by molar-refractivity contribution is 0.786. The van der Waals surface area contributed by atoms with Gasteiger partial charge in [-0.15, -0.1) is 11.3 Å². The van der Waals surface area contributed by atoms with Gasteiger partial charge in [0.15, 0.2) is 0 Å². The van der Waals surface area contributed by atoms with Crippen molar-refractivity contribution >= 4 is 38.9 Å². The average molecular weight is 316 g/mol. The van der Waals surface area contributed by atoms with Crippen molar-refractivity contribution in [1.29, 1.82) is 0 Å². The van der Waals surface area contributed by atoms with Crippen molar-refractivity contribution in [3.63, 3.8) is 0 Å². The summed E-state index contributed by atoms with van der Waals surface area (Å²) in [5.41, 5.74) is 1.30. The highest BCUT2D eigenvalue weighted by Crippen LogP contribution is 2.26. The molecule has 1 atom stereocenters. The van der Waals surface area contributed by atoms with E-state index in [1.165, 1.54) is 10.4 Å². The summed E-state index contributed by atoms with van der Waals surface area (Å²) in [4.78, 5) is 1.42. The van der Waals surface area contributed by atoms with E-state index in [0.717, 1.165) is 16.8 Å². The molecule has 0 fully saturated rings. The van der Waals surface area contributed by atoms with E-state index >= 15 is 0 Å². The van der Waals surface area contributed by atoms with Gasteiger partial charge < -0.3 is 0 Å². The fraction of sp³-hybridized carbons (Fsp3) is 0.231. The zero-order valence-corrected chi connectivity index (χ0v) is 11.9. The van der Waals surface area contributed by atoms with E-state index in [9.17, 15) is 0 Å². The highest BCUT2D eigenvalue weighted by molar-refractivity contribution is 9.09. The Morgan fingerprint density at radius 2 is 2.12 bits per heavy atom. The van der Waals surface area contributed by atoms with Crippen molar-refractivity contribution < 1.29 is 0 Å². The van der Waals surface area contributed by atoms with Gasteiger partial charge >= 0.3 is 0 Å². The second kappa shape index (κ2) is 5.85. The van der Waals surface area contributed by atoms with Crippen molar-refractivity contribution in [2.24, 2.45) is 0 Å². The lowest BCUT2D eigenvalue weighted by atomic mass is 9.97. The third-order valence-corrected chi connectivity index (χ3v) is 4.45. The summed E-state index contributed by atoms with van der Waals surface area (Å²) in [6.07, 6.45) is 1.07. The van der Waals surface area contributed by atoms with Crippen molar-refractivity contribution in [1.82, 2.24) is 0 Å². The van der Waals surface area contributed by atoms with Gasteiger partial charge in [-0.2, -0.15) is 0 Å². The SMILES string of the molecule is Clc1cccc(C(CBr)Cc2cccs2)c1. The highest BCUT2D eigenvalue weighted by Gasteiger charge is 2.11. The normalized spacial score (nSPS) is 12.6. The molecular formula is C13H12BrClS. The molecular weight excluding hydrogens is 304 g/mol. The average Bonchev–Trinajstić information content (AvgIpc) is 2.78. The first-order valence-electron chi connectivity index (χ1n) is 5.13. The molecule has 0 aliphatic rings. The minimum absolute atomic E-state index is 0.498. The van der Waals surface area contributed by atoms with Crippen molar-refractivity contribution in [2.45, 2.75) is 12.3 Å². The van der Waals surface area contributed by atoms with E-state index < -0.39 is 0 Å². The number of hydrogen-bond acceptors (Lipinski definition) is 1. The quantitative estimate of drug-likeness (QED) is 0.687. The minimum Gasteiger partial charge on any atom is -0.149 e. The maximum atomic E-state index is 6.02. The summed E-state index contributed by atoms with van der Waals surface area (Å²) in [6.45, 7) is 0. The first kappa shape index (κ1) is 12.2. The summed E-state index contributed by atoms with van der Waals surface area (Å²) in [7, 11) is 0. The molecule has 3 heteroatoms. The molecule has 0 N–H and O–H groups in total. The fourth-order valence-corrected chi connectivity index (χ4v) is 3.28. The predicted molar refractivity (Wildman–Crippen MR) is 76.0 cm³/mol. The van der Waals surface area contributed by atoms with Gasteiger partial charge in [0.1, 0.15) is 0 Å². The van der Waals surface area contributed by atoms with Crippen LogP contribution in [0.5, 0.6) is 0 Å². The Balaban J connectivity index is 2.16. The van der Waals surface area contributed by atoms with E-state index in [-0.39, 0.29) is 0 Å². The lowest BCUT2D eigenvalue weighted by Gasteiger charge is -2.13. The van der Waals surface area contributed by atoms with Gasteiger partial charge in [0.05, 0.1) is 0 Å². The van der Waals surface area contributed by atoms with E-state index in [4.69, 9.17) is 11.6 Å². The zero-order valence-electron chi connectivity index (χ0n) is 8.70. The summed E-state index contributed by atoms with van der Waals surface area (Å²) in [6, 6.07) is 12.4. The van der Waals surface area contributed by atoms with Gasteiger partial charge in [-0.25, -0.2) is 0 Å². The van der Waals surface area contributed by atoms with Crippen molar-refractivity contribution in [3.05, 3.63) is 57.2 Å².